The number of hydrogen-bond acceptors (Lipinski definition) is 5. The number of esters is 1. The zero-order valence-electron chi connectivity index (χ0n) is 22.7. The van der Waals surface area contributed by atoms with Gasteiger partial charge in [0.15, 0.2) is 0 Å². The van der Waals surface area contributed by atoms with Gasteiger partial charge in [-0.2, -0.15) is 0 Å². The van der Waals surface area contributed by atoms with Gasteiger partial charge in [-0.05, 0) is 92.0 Å². The van der Waals surface area contributed by atoms with Crippen LogP contribution >= 0.6 is 0 Å². The summed E-state index contributed by atoms with van der Waals surface area (Å²) in [5, 5.41) is 2.81. The number of nitrogens with one attached hydrogen (secondary N) is 1. The number of amides is 1. The van der Waals surface area contributed by atoms with Gasteiger partial charge in [0.2, 0.25) is 0 Å². The highest BCUT2D eigenvalue weighted by Gasteiger charge is 2.22. The summed E-state index contributed by atoms with van der Waals surface area (Å²) in [5.74, 6) is 1.21. The molecule has 0 saturated heterocycles. The van der Waals surface area contributed by atoms with Crippen LogP contribution in [0.5, 0.6) is 5.75 Å². The first kappa shape index (κ1) is 27.2. The van der Waals surface area contributed by atoms with Crippen molar-refractivity contribution >= 4 is 12.1 Å². The maximum atomic E-state index is 12.0. The largest absolute Gasteiger partial charge is 0.489 e. The molecule has 38 heavy (non-hydrogen) atoms. The fraction of sp³-hybridized carbons (Fsp3) is 0.375. The van der Waals surface area contributed by atoms with Gasteiger partial charge < -0.3 is 19.5 Å². The van der Waals surface area contributed by atoms with Gasteiger partial charge in [0.05, 0.1) is 13.5 Å². The van der Waals surface area contributed by atoms with Gasteiger partial charge in [0.25, 0.3) is 0 Å². The molecule has 4 rings (SSSR count). The van der Waals surface area contributed by atoms with Crippen molar-refractivity contribution in [3.8, 4) is 16.9 Å². The summed E-state index contributed by atoms with van der Waals surface area (Å²) in [4.78, 5) is 24.0. The fourth-order valence-corrected chi connectivity index (χ4v) is 4.24. The standard InChI is InChI=1S/C32H37NO5/c1-32(2,3)38-31(35)33-20-24-7-5-9-26(16-24)27-10-6-8-25(17-27)21-37-29-18-23(15-22-11-12-22)13-14-28(29)19-30(34)36-4/h5-10,13-14,16-18,22H,11-12,15,19-21H2,1-4H3,(H,33,35). The van der Waals surface area contributed by atoms with Crippen LogP contribution in [0.3, 0.4) is 0 Å². The van der Waals surface area contributed by atoms with E-state index in [0.717, 1.165) is 45.9 Å². The molecule has 0 aliphatic heterocycles. The number of alkyl carbamates (subject to hydrolysis) is 1. The van der Waals surface area contributed by atoms with E-state index in [9.17, 15) is 9.59 Å². The molecule has 1 aliphatic rings. The monoisotopic (exact) mass is 515 g/mol. The average Bonchev–Trinajstić information content (AvgIpc) is 3.71. The molecule has 1 aliphatic carbocycles. The first-order valence-electron chi connectivity index (χ1n) is 13.1. The summed E-state index contributed by atoms with van der Waals surface area (Å²) < 4.78 is 16.5. The molecule has 0 atom stereocenters. The first-order chi connectivity index (χ1) is 18.2. The number of benzene rings is 3. The minimum absolute atomic E-state index is 0.180. The van der Waals surface area contributed by atoms with Gasteiger partial charge in [-0.25, -0.2) is 4.79 Å². The molecule has 6 heteroatoms. The lowest BCUT2D eigenvalue weighted by atomic mass is 10.0. The maximum Gasteiger partial charge on any atom is 0.407 e. The van der Waals surface area contributed by atoms with Gasteiger partial charge in [-0.1, -0.05) is 48.5 Å². The molecule has 1 amide bonds. The predicted octanol–water partition coefficient (Wildman–Crippen LogP) is 6.63. The minimum Gasteiger partial charge on any atom is -0.489 e. The third-order valence-corrected chi connectivity index (χ3v) is 6.33. The molecule has 0 bridgehead atoms. The zero-order chi connectivity index (χ0) is 27.1. The van der Waals surface area contributed by atoms with Gasteiger partial charge >= 0.3 is 12.1 Å². The number of carbonyl (C=O) groups is 2. The molecule has 3 aromatic rings. The molecule has 0 aromatic heterocycles. The number of carbonyl (C=O) groups excluding carboxylic acids is 2. The van der Waals surface area contributed by atoms with Crippen molar-refractivity contribution < 1.29 is 23.8 Å². The van der Waals surface area contributed by atoms with E-state index < -0.39 is 11.7 Å². The molecule has 3 aromatic carbocycles. The maximum absolute atomic E-state index is 12.0. The molecule has 200 valence electrons. The number of ether oxygens (including phenoxy) is 3. The predicted molar refractivity (Wildman–Crippen MR) is 148 cm³/mol. The molecule has 6 nitrogen and oxygen atoms in total. The summed E-state index contributed by atoms with van der Waals surface area (Å²) in [7, 11) is 1.40. The lowest BCUT2D eigenvalue weighted by Crippen LogP contribution is -2.32. The number of methoxy groups -OCH3 is 1. The normalized spacial score (nSPS) is 13.1. The van der Waals surface area contributed by atoms with Crippen molar-refractivity contribution in [1.82, 2.24) is 5.32 Å². The summed E-state index contributed by atoms with van der Waals surface area (Å²) >= 11 is 0. The molecule has 0 heterocycles. The molecule has 1 N–H and O–H groups in total. The molecule has 0 unspecified atom stereocenters. The SMILES string of the molecule is COC(=O)Cc1ccc(CC2CC2)cc1OCc1cccc(-c2cccc(CNC(=O)OC(C)(C)C)c2)c1. The van der Waals surface area contributed by atoms with Crippen LogP contribution in [0, 0.1) is 5.92 Å². The quantitative estimate of drug-likeness (QED) is 0.307. The lowest BCUT2D eigenvalue weighted by molar-refractivity contribution is -0.139. The number of rotatable bonds is 10. The van der Waals surface area contributed by atoms with Crippen molar-refractivity contribution in [3.05, 3.63) is 89.0 Å². The molecule has 0 spiro atoms. The molecular weight excluding hydrogens is 478 g/mol. The van der Waals surface area contributed by atoms with Crippen LogP contribution in [-0.4, -0.2) is 24.8 Å². The Morgan fingerprint density at radius 3 is 2.24 bits per heavy atom. The summed E-state index contributed by atoms with van der Waals surface area (Å²) in [6, 6.07) is 22.4. The van der Waals surface area contributed by atoms with E-state index in [1.54, 1.807) is 0 Å². The van der Waals surface area contributed by atoms with Crippen LogP contribution in [-0.2, 0) is 40.3 Å². The second-order valence-corrected chi connectivity index (χ2v) is 10.9. The second-order valence-electron chi connectivity index (χ2n) is 10.9. The van der Waals surface area contributed by atoms with Crippen molar-refractivity contribution in [2.75, 3.05) is 7.11 Å². The zero-order valence-corrected chi connectivity index (χ0v) is 22.7. The van der Waals surface area contributed by atoms with E-state index in [4.69, 9.17) is 14.2 Å². The Hall–Kier alpha value is -3.80. The minimum atomic E-state index is -0.535. The molecule has 1 fully saturated rings. The number of hydrogen-bond donors (Lipinski definition) is 1. The van der Waals surface area contributed by atoms with E-state index in [0.29, 0.717) is 13.2 Å². The Balaban J connectivity index is 1.44. The topological polar surface area (TPSA) is 73.9 Å². The second kappa shape index (κ2) is 12.2. The van der Waals surface area contributed by atoms with Crippen LogP contribution in [0.4, 0.5) is 4.79 Å². The van der Waals surface area contributed by atoms with Crippen molar-refractivity contribution in [1.29, 1.82) is 0 Å². The summed E-state index contributed by atoms with van der Waals surface area (Å²) in [6.07, 6.45) is 3.36. The van der Waals surface area contributed by atoms with Crippen LogP contribution in [0.15, 0.2) is 66.7 Å². The average molecular weight is 516 g/mol. The highest BCUT2D eigenvalue weighted by atomic mass is 16.6. The van der Waals surface area contributed by atoms with Crippen LogP contribution in [0.2, 0.25) is 0 Å². The Morgan fingerprint density at radius 2 is 1.58 bits per heavy atom. The van der Waals surface area contributed by atoms with Crippen molar-refractivity contribution in [2.24, 2.45) is 5.92 Å². The van der Waals surface area contributed by atoms with Crippen molar-refractivity contribution in [2.45, 2.75) is 65.2 Å². The van der Waals surface area contributed by atoms with E-state index in [2.05, 4.69) is 35.6 Å². The van der Waals surface area contributed by atoms with E-state index in [1.807, 2.05) is 57.2 Å². The Labute approximate surface area is 225 Å². The third kappa shape index (κ3) is 8.37. The summed E-state index contributed by atoms with van der Waals surface area (Å²) in [5.41, 5.74) is 5.65. The van der Waals surface area contributed by atoms with Crippen LogP contribution in [0.1, 0.15) is 55.9 Å². The molecular formula is C32H37NO5. The van der Waals surface area contributed by atoms with Crippen molar-refractivity contribution in [3.63, 3.8) is 0 Å². The Morgan fingerprint density at radius 1 is 0.895 bits per heavy atom. The third-order valence-electron chi connectivity index (χ3n) is 6.33. The fourth-order valence-electron chi connectivity index (χ4n) is 4.24. The van der Waals surface area contributed by atoms with Crippen LogP contribution < -0.4 is 10.1 Å². The Kier molecular flexibility index (Phi) is 8.72. The van der Waals surface area contributed by atoms with Crippen LogP contribution in [0.25, 0.3) is 11.1 Å². The lowest BCUT2D eigenvalue weighted by Gasteiger charge is -2.19. The first-order valence-corrected chi connectivity index (χ1v) is 13.1. The van der Waals surface area contributed by atoms with Gasteiger partial charge in [0, 0.05) is 12.1 Å². The summed E-state index contributed by atoms with van der Waals surface area (Å²) in [6.45, 7) is 6.29. The smallest absolute Gasteiger partial charge is 0.407 e. The van der Waals surface area contributed by atoms with Gasteiger partial charge in [-0.15, -0.1) is 0 Å². The molecule has 0 radical (unpaired) electrons. The van der Waals surface area contributed by atoms with E-state index >= 15 is 0 Å². The van der Waals surface area contributed by atoms with E-state index in [-0.39, 0.29) is 12.4 Å². The Bertz CT molecular complexity index is 1270. The highest BCUT2D eigenvalue weighted by molar-refractivity contribution is 5.73. The van der Waals surface area contributed by atoms with E-state index in [1.165, 1.54) is 25.5 Å². The highest BCUT2D eigenvalue weighted by Crippen LogP contribution is 2.34. The van der Waals surface area contributed by atoms with Gasteiger partial charge in [0.1, 0.15) is 18.0 Å². The van der Waals surface area contributed by atoms with Gasteiger partial charge in [-0.3, -0.25) is 4.79 Å². The molecule has 1 saturated carbocycles.